The molecule has 1 aromatic carbocycles. The van der Waals surface area contributed by atoms with Crippen LogP contribution in [0.4, 0.5) is 5.69 Å². The van der Waals surface area contributed by atoms with Gasteiger partial charge in [-0.15, -0.1) is 0 Å². The fourth-order valence-electron chi connectivity index (χ4n) is 3.79. The van der Waals surface area contributed by atoms with Crippen molar-refractivity contribution in [2.45, 2.75) is 44.6 Å². The van der Waals surface area contributed by atoms with Crippen LogP contribution in [0, 0.1) is 5.92 Å². The van der Waals surface area contributed by atoms with E-state index in [-0.39, 0.29) is 5.54 Å². The first kappa shape index (κ1) is 13.9. The third-order valence-corrected chi connectivity index (χ3v) is 5.30. The summed E-state index contributed by atoms with van der Waals surface area (Å²) in [6.45, 7) is 3.15. The fourth-order valence-corrected chi connectivity index (χ4v) is 4.18. The lowest BCUT2D eigenvalue weighted by Gasteiger charge is -2.44. The zero-order valence-corrected chi connectivity index (χ0v) is 13.6. The molecule has 2 aliphatic rings. The quantitative estimate of drug-likeness (QED) is 0.889. The third-order valence-electron chi connectivity index (χ3n) is 4.81. The molecule has 3 nitrogen and oxygen atoms in total. The van der Waals surface area contributed by atoms with Crippen LogP contribution in [0.15, 0.2) is 33.7 Å². The first-order chi connectivity index (χ1) is 9.64. The van der Waals surface area contributed by atoms with Gasteiger partial charge in [0.15, 0.2) is 5.96 Å². The maximum atomic E-state index is 6.21. The third kappa shape index (κ3) is 2.34. The van der Waals surface area contributed by atoms with E-state index in [0.29, 0.717) is 5.96 Å². The molecule has 2 unspecified atom stereocenters. The number of anilines is 1. The molecular formula is C16H22BrN3. The highest BCUT2D eigenvalue weighted by Crippen LogP contribution is 2.43. The molecular weight excluding hydrogens is 314 g/mol. The van der Waals surface area contributed by atoms with Crippen molar-refractivity contribution < 1.29 is 0 Å². The molecule has 1 aliphatic carbocycles. The van der Waals surface area contributed by atoms with Crippen molar-refractivity contribution in [2.24, 2.45) is 16.6 Å². The van der Waals surface area contributed by atoms with Crippen LogP contribution in [0.1, 0.15) is 39.0 Å². The van der Waals surface area contributed by atoms with Gasteiger partial charge in [0, 0.05) is 10.2 Å². The second kappa shape index (κ2) is 5.40. The molecule has 0 amide bonds. The zero-order valence-electron chi connectivity index (χ0n) is 12.0. The SMILES string of the molecule is CCC1CCCC2(CN=C(N)N2c2cccc(Br)c2)C1. The Kier molecular flexibility index (Phi) is 3.76. The van der Waals surface area contributed by atoms with Gasteiger partial charge >= 0.3 is 0 Å². The van der Waals surface area contributed by atoms with E-state index in [2.05, 4.69) is 57.0 Å². The minimum Gasteiger partial charge on any atom is -0.369 e. The molecule has 3 rings (SSSR count). The predicted molar refractivity (Wildman–Crippen MR) is 88.1 cm³/mol. The Hall–Kier alpha value is -1.03. The van der Waals surface area contributed by atoms with Gasteiger partial charge in [-0.2, -0.15) is 0 Å². The Labute approximate surface area is 129 Å². The Balaban J connectivity index is 1.95. The van der Waals surface area contributed by atoms with E-state index in [1.165, 1.54) is 32.1 Å². The monoisotopic (exact) mass is 335 g/mol. The highest BCUT2D eigenvalue weighted by Gasteiger charge is 2.45. The molecule has 20 heavy (non-hydrogen) atoms. The van der Waals surface area contributed by atoms with Crippen molar-refractivity contribution in [3.63, 3.8) is 0 Å². The van der Waals surface area contributed by atoms with Crippen LogP contribution in [0.5, 0.6) is 0 Å². The number of rotatable bonds is 2. The molecule has 1 aromatic rings. The molecule has 108 valence electrons. The van der Waals surface area contributed by atoms with Crippen molar-refractivity contribution in [3.05, 3.63) is 28.7 Å². The Bertz CT molecular complexity index is 528. The minimum atomic E-state index is 0.115. The van der Waals surface area contributed by atoms with E-state index in [1.54, 1.807) is 0 Å². The van der Waals surface area contributed by atoms with Gasteiger partial charge in [0.25, 0.3) is 0 Å². The Morgan fingerprint density at radius 2 is 2.35 bits per heavy atom. The standard InChI is InChI=1S/C16H22BrN3/c1-2-12-5-4-8-16(10-12)11-19-15(18)20(16)14-7-3-6-13(17)9-14/h3,6-7,9,12H,2,4-5,8,10-11H2,1H3,(H2,18,19). The van der Waals surface area contributed by atoms with Crippen LogP contribution in [-0.2, 0) is 0 Å². The second-order valence-corrected chi connectivity index (χ2v) is 7.00. The van der Waals surface area contributed by atoms with Crippen LogP contribution in [0.25, 0.3) is 0 Å². The zero-order chi connectivity index (χ0) is 14.2. The molecule has 1 fully saturated rings. The lowest BCUT2D eigenvalue weighted by molar-refractivity contribution is 0.235. The number of benzene rings is 1. The highest BCUT2D eigenvalue weighted by molar-refractivity contribution is 9.10. The van der Waals surface area contributed by atoms with E-state index in [1.807, 2.05) is 0 Å². The number of guanidine groups is 1. The summed E-state index contributed by atoms with van der Waals surface area (Å²) in [6, 6.07) is 8.40. The van der Waals surface area contributed by atoms with Gasteiger partial charge in [0.2, 0.25) is 0 Å². The van der Waals surface area contributed by atoms with Gasteiger partial charge in [0.1, 0.15) is 0 Å². The molecule has 2 N–H and O–H groups in total. The summed E-state index contributed by atoms with van der Waals surface area (Å²) >= 11 is 3.56. The molecule has 0 radical (unpaired) electrons. The van der Waals surface area contributed by atoms with Gasteiger partial charge in [-0.3, -0.25) is 4.99 Å². The van der Waals surface area contributed by atoms with Crippen molar-refractivity contribution in [2.75, 3.05) is 11.4 Å². The van der Waals surface area contributed by atoms with E-state index in [0.717, 1.165) is 22.6 Å². The van der Waals surface area contributed by atoms with Crippen LogP contribution in [0.3, 0.4) is 0 Å². The summed E-state index contributed by atoms with van der Waals surface area (Å²) in [5.74, 6) is 1.49. The minimum absolute atomic E-state index is 0.115. The summed E-state index contributed by atoms with van der Waals surface area (Å²) in [5, 5.41) is 0. The van der Waals surface area contributed by atoms with Gasteiger partial charge in [-0.1, -0.05) is 48.2 Å². The average Bonchev–Trinajstić information content (AvgIpc) is 2.75. The predicted octanol–water partition coefficient (Wildman–Crippen LogP) is 3.92. The normalized spacial score (nSPS) is 29.8. The van der Waals surface area contributed by atoms with Crippen LogP contribution in [0.2, 0.25) is 0 Å². The first-order valence-electron chi connectivity index (χ1n) is 7.50. The lowest BCUT2D eigenvalue weighted by Crippen LogP contribution is -2.54. The number of nitrogens with two attached hydrogens (primary N) is 1. The Morgan fingerprint density at radius 1 is 1.50 bits per heavy atom. The van der Waals surface area contributed by atoms with Crippen LogP contribution < -0.4 is 10.6 Å². The largest absolute Gasteiger partial charge is 0.369 e. The molecule has 0 aromatic heterocycles. The topological polar surface area (TPSA) is 41.6 Å². The van der Waals surface area contributed by atoms with Crippen molar-refractivity contribution in [1.82, 2.24) is 0 Å². The van der Waals surface area contributed by atoms with Gasteiger partial charge < -0.3 is 10.6 Å². The fraction of sp³-hybridized carbons (Fsp3) is 0.562. The molecule has 0 saturated heterocycles. The summed E-state index contributed by atoms with van der Waals surface area (Å²) in [6.07, 6.45) is 6.30. The maximum Gasteiger partial charge on any atom is 0.196 e. The lowest BCUT2D eigenvalue weighted by atomic mass is 9.74. The number of nitrogens with zero attached hydrogens (tertiary/aromatic N) is 2. The molecule has 1 aliphatic heterocycles. The maximum absolute atomic E-state index is 6.21. The Morgan fingerprint density at radius 3 is 3.10 bits per heavy atom. The van der Waals surface area contributed by atoms with Gasteiger partial charge in [-0.05, 0) is 37.0 Å². The molecule has 0 bridgehead atoms. The summed E-state index contributed by atoms with van der Waals surface area (Å²) in [5.41, 5.74) is 7.49. The van der Waals surface area contributed by atoms with E-state index >= 15 is 0 Å². The van der Waals surface area contributed by atoms with Crippen molar-refractivity contribution >= 4 is 27.6 Å². The number of hydrogen-bond acceptors (Lipinski definition) is 3. The van der Waals surface area contributed by atoms with Crippen LogP contribution in [-0.4, -0.2) is 18.0 Å². The van der Waals surface area contributed by atoms with E-state index in [4.69, 9.17) is 5.73 Å². The second-order valence-electron chi connectivity index (χ2n) is 6.08. The summed E-state index contributed by atoms with van der Waals surface area (Å²) < 4.78 is 1.09. The molecule has 4 heteroatoms. The van der Waals surface area contributed by atoms with Gasteiger partial charge in [-0.25, -0.2) is 0 Å². The summed E-state index contributed by atoms with van der Waals surface area (Å²) in [4.78, 5) is 6.87. The average molecular weight is 336 g/mol. The van der Waals surface area contributed by atoms with Crippen LogP contribution >= 0.6 is 15.9 Å². The van der Waals surface area contributed by atoms with Gasteiger partial charge in [0.05, 0.1) is 12.1 Å². The molecule has 1 spiro atoms. The first-order valence-corrected chi connectivity index (χ1v) is 8.30. The molecule has 1 saturated carbocycles. The van der Waals surface area contributed by atoms with E-state index < -0.39 is 0 Å². The molecule has 1 heterocycles. The summed E-state index contributed by atoms with van der Waals surface area (Å²) in [7, 11) is 0. The number of aliphatic imine (C=N–C) groups is 1. The smallest absolute Gasteiger partial charge is 0.196 e. The number of halogens is 1. The van der Waals surface area contributed by atoms with E-state index in [9.17, 15) is 0 Å². The number of hydrogen-bond donors (Lipinski definition) is 1. The highest BCUT2D eigenvalue weighted by atomic mass is 79.9. The van der Waals surface area contributed by atoms with Crippen molar-refractivity contribution in [3.8, 4) is 0 Å². The van der Waals surface area contributed by atoms with Crippen molar-refractivity contribution in [1.29, 1.82) is 0 Å². The molecule has 2 atom stereocenters.